The molecule has 0 atom stereocenters. The summed E-state index contributed by atoms with van der Waals surface area (Å²) in [5.74, 6) is -0.734. The van der Waals surface area contributed by atoms with E-state index in [4.69, 9.17) is 11.6 Å². The monoisotopic (exact) mass is 254 g/mol. The SMILES string of the molecule is Cn1nc(-c2ccc(F)cc2Cl)c(C=O)c1O. The minimum absolute atomic E-state index is 0.0287. The molecule has 1 heterocycles. The minimum atomic E-state index is -0.480. The van der Waals surface area contributed by atoms with Gasteiger partial charge in [-0.05, 0) is 18.2 Å². The summed E-state index contributed by atoms with van der Waals surface area (Å²) in [4.78, 5) is 10.9. The van der Waals surface area contributed by atoms with Crippen LogP contribution in [0.15, 0.2) is 18.2 Å². The summed E-state index contributed by atoms with van der Waals surface area (Å²) < 4.78 is 14.1. The predicted molar refractivity (Wildman–Crippen MR) is 60.7 cm³/mol. The van der Waals surface area contributed by atoms with Crippen LogP contribution < -0.4 is 0 Å². The van der Waals surface area contributed by atoms with Crippen LogP contribution in [0.4, 0.5) is 4.39 Å². The van der Waals surface area contributed by atoms with E-state index in [0.29, 0.717) is 11.8 Å². The van der Waals surface area contributed by atoms with Crippen molar-refractivity contribution in [3.63, 3.8) is 0 Å². The Hall–Kier alpha value is -1.88. The number of nitrogens with zero attached hydrogens (tertiary/aromatic N) is 2. The second-order valence-electron chi connectivity index (χ2n) is 3.45. The van der Waals surface area contributed by atoms with Gasteiger partial charge in [0.25, 0.3) is 0 Å². The molecule has 2 aromatic rings. The van der Waals surface area contributed by atoms with Crippen LogP contribution in [0.1, 0.15) is 10.4 Å². The molecule has 0 aliphatic carbocycles. The zero-order valence-electron chi connectivity index (χ0n) is 8.82. The summed E-state index contributed by atoms with van der Waals surface area (Å²) in [6.45, 7) is 0. The number of hydrogen-bond acceptors (Lipinski definition) is 3. The Balaban J connectivity index is 2.68. The molecule has 1 aromatic heterocycles. The number of aromatic nitrogens is 2. The third-order valence-electron chi connectivity index (χ3n) is 2.36. The fourth-order valence-electron chi connectivity index (χ4n) is 1.52. The zero-order chi connectivity index (χ0) is 12.6. The molecule has 0 aliphatic heterocycles. The van der Waals surface area contributed by atoms with E-state index in [1.54, 1.807) is 0 Å². The van der Waals surface area contributed by atoms with Crippen LogP contribution in [0.25, 0.3) is 11.3 Å². The largest absolute Gasteiger partial charge is 0.493 e. The quantitative estimate of drug-likeness (QED) is 0.838. The Morgan fingerprint density at radius 1 is 1.53 bits per heavy atom. The molecule has 0 radical (unpaired) electrons. The number of hydrogen-bond donors (Lipinski definition) is 1. The molecule has 0 bridgehead atoms. The number of aldehydes is 1. The molecule has 2 rings (SSSR count). The summed E-state index contributed by atoms with van der Waals surface area (Å²) >= 11 is 5.87. The van der Waals surface area contributed by atoms with E-state index in [1.165, 1.54) is 19.2 Å². The zero-order valence-corrected chi connectivity index (χ0v) is 9.57. The fraction of sp³-hybridized carbons (Fsp3) is 0.0909. The van der Waals surface area contributed by atoms with Crippen molar-refractivity contribution >= 4 is 17.9 Å². The Kier molecular flexibility index (Phi) is 2.85. The lowest BCUT2D eigenvalue weighted by Gasteiger charge is -2.01. The number of carbonyl (C=O) groups is 1. The lowest BCUT2D eigenvalue weighted by Crippen LogP contribution is -1.90. The highest BCUT2D eigenvalue weighted by atomic mass is 35.5. The maximum atomic E-state index is 12.9. The van der Waals surface area contributed by atoms with E-state index in [0.717, 1.165) is 10.7 Å². The van der Waals surface area contributed by atoms with Gasteiger partial charge in [0, 0.05) is 12.6 Å². The first-order valence-electron chi connectivity index (χ1n) is 4.71. The van der Waals surface area contributed by atoms with Crippen LogP contribution in [0.2, 0.25) is 5.02 Å². The summed E-state index contributed by atoms with van der Waals surface area (Å²) in [5, 5.41) is 13.7. The first-order valence-corrected chi connectivity index (χ1v) is 5.09. The van der Waals surface area contributed by atoms with Crippen molar-refractivity contribution < 1.29 is 14.3 Å². The van der Waals surface area contributed by atoms with E-state index in [2.05, 4.69) is 5.10 Å². The molecule has 0 fully saturated rings. The van der Waals surface area contributed by atoms with E-state index in [-0.39, 0.29) is 22.2 Å². The molecule has 6 heteroatoms. The lowest BCUT2D eigenvalue weighted by molar-refractivity contribution is 0.112. The van der Waals surface area contributed by atoms with Crippen molar-refractivity contribution in [2.75, 3.05) is 0 Å². The van der Waals surface area contributed by atoms with Crippen molar-refractivity contribution in [3.05, 3.63) is 34.6 Å². The standard InChI is InChI=1S/C11H8ClFN2O2/c1-15-11(17)8(5-16)10(14-15)7-3-2-6(13)4-9(7)12/h2-5,17H,1H3. The van der Waals surface area contributed by atoms with Gasteiger partial charge in [0.1, 0.15) is 17.1 Å². The molecule has 0 spiro atoms. The molecule has 0 amide bonds. The van der Waals surface area contributed by atoms with Gasteiger partial charge in [0.2, 0.25) is 5.88 Å². The molecular formula is C11H8ClFN2O2. The first-order chi connectivity index (χ1) is 8.04. The highest BCUT2D eigenvalue weighted by molar-refractivity contribution is 6.33. The average molecular weight is 255 g/mol. The van der Waals surface area contributed by atoms with E-state index in [9.17, 15) is 14.3 Å². The Labute approximate surface area is 101 Å². The Bertz CT molecular complexity index is 595. The summed E-state index contributed by atoms with van der Waals surface area (Å²) in [6.07, 6.45) is 0.483. The average Bonchev–Trinajstić information content (AvgIpc) is 2.55. The van der Waals surface area contributed by atoms with Crippen molar-refractivity contribution in [2.45, 2.75) is 0 Å². The molecule has 1 N–H and O–H groups in total. The fourth-order valence-corrected chi connectivity index (χ4v) is 1.78. The highest BCUT2D eigenvalue weighted by Gasteiger charge is 2.18. The van der Waals surface area contributed by atoms with Gasteiger partial charge in [-0.25, -0.2) is 9.07 Å². The molecular weight excluding hydrogens is 247 g/mol. The van der Waals surface area contributed by atoms with Crippen LogP contribution in [0.5, 0.6) is 5.88 Å². The van der Waals surface area contributed by atoms with Gasteiger partial charge in [-0.15, -0.1) is 0 Å². The number of aromatic hydroxyl groups is 1. The van der Waals surface area contributed by atoms with Gasteiger partial charge in [-0.3, -0.25) is 4.79 Å². The van der Waals surface area contributed by atoms with E-state index >= 15 is 0 Å². The third kappa shape index (κ3) is 1.89. The van der Waals surface area contributed by atoms with Crippen molar-refractivity contribution in [2.24, 2.45) is 7.05 Å². The Morgan fingerprint density at radius 3 is 2.82 bits per heavy atom. The number of halogens is 2. The lowest BCUT2D eigenvalue weighted by atomic mass is 10.1. The van der Waals surface area contributed by atoms with Crippen LogP contribution in [-0.4, -0.2) is 21.2 Å². The van der Waals surface area contributed by atoms with Gasteiger partial charge in [0.15, 0.2) is 6.29 Å². The molecule has 88 valence electrons. The van der Waals surface area contributed by atoms with Crippen LogP contribution in [0, 0.1) is 5.82 Å². The topological polar surface area (TPSA) is 55.1 Å². The summed E-state index contributed by atoms with van der Waals surface area (Å²) in [6, 6.07) is 3.74. The maximum Gasteiger partial charge on any atom is 0.220 e. The van der Waals surface area contributed by atoms with Crippen LogP contribution in [-0.2, 0) is 7.05 Å². The molecule has 0 aliphatic rings. The third-order valence-corrected chi connectivity index (χ3v) is 2.67. The highest BCUT2D eigenvalue weighted by Crippen LogP contribution is 2.32. The van der Waals surface area contributed by atoms with E-state index in [1.807, 2.05) is 0 Å². The second-order valence-corrected chi connectivity index (χ2v) is 3.86. The van der Waals surface area contributed by atoms with Crippen molar-refractivity contribution in [3.8, 4) is 17.1 Å². The number of carbonyl (C=O) groups excluding carboxylic acids is 1. The van der Waals surface area contributed by atoms with Crippen molar-refractivity contribution in [1.82, 2.24) is 9.78 Å². The van der Waals surface area contributed by atoms with Gasteiger partial charge in [-0.2, -0.15) is 5.10 Å². The van der Waals surface area contributed by atoms with Crippen LogP contribution >= 0.6 is 11.6 Å². The molecule has 0 unspecified atom stereocenters. The Morgan fingerprint density at radius 2 is 2.24 bits per heavy atom. The number of aryl methyl sites for hydroxylation is 1. The second kappa shape index (κ2) is 4.18. The van der Waals surface area contributed by atoms with E-state index < -0.39 is 5.82 Å². The number of benzene rings is 1. The molecule has 0 saturated heterocycles. The number of rotatable bonds is 2. The minimum Gasteiger partial charge on any atom is -0.493 e. The van der Waals surface area contributed by atoms with Gasteiger partial charge >= 0.3 is 0 Å². The first kappa shape index (κ1) is 11.6. The molecule has 4 nitrogen and oxygen atoms in total. The predicted octanol–water partition coefficient (Wildman–Crippen LogP) is 2.40. The van der Waals surface area contributed by atoms with Gasteiger partial charge < -0.3 is 5.11 Å². The smallest absolute Gasteiger partial charge is 0.220 e. The normalized spacial score (nSPS) is 10.5. The molecule has 17 heavy (non-hydrogen) atoms. The van der Waals surface area contributed by atoms with Crippen molar-refractivity contribution in [1.29, 1.82) is 0 Å². The molecule has 0 saturated carbocycles. The van der Waals surface area contributed by atoms with Gasteiger partial charge in [0.05, 0.1) is 5.02 Å². The maximum absolute atomic E-state index is 12.9. The molecule has 1 aromatic carbocycles. The van der Waals surface area contributed by atoms with Gasteiger partial charge in [-0.1, -0.05) is 11.6 Å². The summed E-state index contributed by atoms with van der Waals surface area (Å²) in [5.41, 5.74) is 0.650. The summed E-state index contributed by atoms with van der Waals surface area (Å²) in [7, 11) is 1.49. The van der Waals surface area contributed by atoms with Crippen LogP contribution in [0.3, 0.4) is 0 Å².